The van der Waals surface area contributed by atoms with E-state index in [1.165, 1.54) is 18.4 Å². The van der Waals surface area contributed by atoms with Gasteiger partial charge in [0.25, 0.3) is 0 Å². The van der Waals surface area contributed by atoms with Crippen molar-refractivity contribution in [3.8, 4) is 0 Å². The van der Waals surface area contributed by atoms with Gasteiger partial charge in [-0.3, -0.25) is 0 Å². The Morgan fingerprint density at radius 2 is 2.06 bits per heavy atom. The van der Waals surface area contributed by atoms with Crippen LogP contribution >= 0.6 is 0 Å². The van der Waals surface area contributed by atoms with Gasteiger partial charge in [0.1, 0.15) is 0 Å². The van der Waals surface area contributed by atoms with Crippen molar-refractivity contribution in [1.82, 2.24) is 0 Å². The largest absolute Gasteiger partial charge is 0.389 e. The highest BCUT2D eigenvalue weighted by Gasteiger charge is 2.56. The molecule has 1 nitrogen and oxygen atoms in total. The fraction of sp³-hybridized carbons (Fsp3) is 0.867. The van der Waals surface area contributed by atoms with Crippen LogP contribution in [0, 0.1) is 17.3 Å². The molecule has 0 bridgehead atoms. The first-order valence-electron chi connectivity index (χ1n) is 6.77. The molecule has 1 heteroatoms. The molecule has 0 aromatic carbocycles. The monoisotopic (exact) mass is 222 g/mol. The standard InChI is InChI=1S/C15H26O/c1-11(2)13-7-9-14(4)8-5-12(3)6-10-15(13,14)16/h5,11,13,16H,6-10H2,1-4H3/t13-,14-,15-/m1/s1. The van der Waals surface area contributed by atoms with Gasteiger partial charge < -0.3 is 5.11 Å². The predicted octanol–water partition coefficient (Wildman–Crippen LogP) is 3.92. The van der Waals surface area contributed by atoms with Gasteiger partial charge in [0.15, 0.2) is 0 Å². The van der Waals surface area contributed by atoms with Crippen LogP contribution in [0.1, 0.15) is 59.8 Å². The van der Waals surface area contributed by atoms with E-state index in [2.05, 4.69) is 33.8 Å². The molecule has 3 atom stereocenters. The summed E-state index contributed by atoms with van der Waals surface area (Å²) in [7, 11) is 0. The lowest BCUT2D eigenvalue weighted by Crippen LogP contribution is -2.47. The molecule has 2 rings (SSSR count). The van der Waals surface area contributed by atoms with Gasteiger partial charge in [-0.05, 0) is 50.9 Å². The van der Waals surface area contributed by atoms with E-state index < -0.39 is 5.60 Å². The van der Waals surface area contributed by atoms with Crippen molar-refractivity contribution >= 4 is 0 Å². The van der Waals surface area contributed by atoms with Gasteiger partial charge >= 0.3 is 0 Å². The quantitative estimate of drug-likeness (QED) is 0.667. The van der Waals surface area contributed by atoms with Crippen molar-refractivity contribution < 1.29 is 5.11 Å². The van der Waals surface area contributed by atoms with Gasteiger partial charge in [-0.15, -0.1) is 0 Å². The predicted molar refractivity (Wildman–Crippen MR) is 68.2 cm³/mol. The molecule has 1 saturated carbocycles. The third kappa shape index (κ3) is 1.64. The van der Waals surface area contributed by atoms with Crippen LogP contribution in [0.15, 0.2) is 11.6 Å². The maximum atomic E-state index is 11.2. The molecule has 0 aromatic rings. The highest BCUT2D eigenvalue weighted by atomic mass is 16.3. The lowest BCUT2D eigenvalue weighted by molar-refractivity contribution is -0.0975. The second kappa shape index (κ2) is 3.87. The summed E-state index contributed by atoms with van der Waals surface area (Å²) in [4.78, 5) is 0. The van der Waals surface area contributed by atoms with Crippen molar-refractivity contribution in [3.63, 3.8) is 0 Å². The Hall–Kier alpha value is -0.300. The van der Waals surface area contributed by atoms with Crippen LogP contribution in [0.2, 0.25) is 0 Å². The summed E-state index contributed by atoms with van der Waals surface area (Å²) in [5.74, 6) is 1.10. The first-order chi connectivity index (χ1) is 7.39. The van der Waals surface area contributed by atoms with Crippen molar-refractivity contribution in [2.75, 3.05) is 0 Å². The Labute approximate surface area is 99.9 Å². The number of aliphatic hydroxyl groups is 1. The van der Waals surface area contributed by atoms with Crippen LogP contribution in [0.25, 0.3) is 0 Å². The summed E-state index contributed by atoms with van der Waals surface area (Å²) in [6.45, 7) is 9.03. The minimum absolute atomic E-state index is 0.125. The third-order valence-corrected chi connectivity index (χ3v) is 5.27. The van der Waals surface area contributed by atoms with Crippen LogP contribution in [0.5, 0.6) is 0 Å². The van der Waals surface area contributed by atoms with Gasteiger partial charge in [-0.25, -0.2) is 0 Å². The van der Waals surface area contributed by atoms with E-state index in [4.69, 9.17) is 0 Å². The number of allylic oxidation sites excluding steroid dienone is 2. The van der Waals surface area contributed by atoms with Crippen molar-refractivity contribution in [3.05, 3.63) is 11.6 Å². The van der Waals surface area contributed by atoms with Crippen molar-refractivity contribution in [1.29, 1.82) is 0 Å². The van der Waals surface area contributed by atoms with E-state index in [9.17, 15) is 5.11 Å². The van der Waals surface area contributed by atoms with Crippen molar-refractivity contribution in [2.45, 2.75) is 65.4 Å². The second-order valence-corrected chi connectivity index (χ2v) is 6.63. The maximum absolute atomic E-state index is 11.2. The molecule has 0 aromatic heterocycles. The summed E-state index contributed by atoms with van der Waals surface area (Å²) >= 11 is 0. The lowest BCUT2D eigenvalue weighted by atomic mass is 9.67. The molecule has 0 aliphatic heterocycles. The minimum atomic E-state index is -0.421. The first kappa shape index (κ1) is 12.2. The average molecular weight is 222 g/mol. The van der Waals surface area contributed by atoms with E-state index in [1.54, 1.807) is 0 Å². The summed E-state index contributed by atoms with van der Waals surface area (Å²) < 4.78 is 0. The Morgan fingerprint density at radius 3 is 2.69 bits per heavy atom. The zero-order valence-electron chi connectivity index (χ0n) is 11.2. The average Bonchev–Trinajstić information content (AvgIpc) is 2.41. The molecule has 0 amide bonds. The number of fused-ring (bicyclic) bond motifs is 1. The molecule has 1 fully saturated rings. The summed E-state index contributed by atoms with van der Waals surface area (Å²) in [6.07, 6.45) is 7.87. The molecular formula is C15H26O. The maximum Gasteiger partial charge on any atom is 0.0737 e. The number of hydrogen-bond acceptors (Lipinski definition) is 1. The molecule has 1 N–H and O–H groups in total. The summed E-state index contributed by atoms with van der Waals surface area (Å²) in [5.41, 5.74) is 1.17. The van der Waals surface area contributed by atoms with Gasteiger partial charge in [0.2, 0.25) is 0 Å². The van der Waals surface area contributed by atoms with E-state index in [0.717, 1.165) is 19.3 Å². The van der Waals surface area contributed by atoms with E-state index in [0.29, 0.717) is 11.8 Å². The molecule has 2 aliphatic rings. The van der Waals surface area contributed by atoms with Crippen LogP contribution in [0.4, 0.5) is 0 Å². The van der Waals surface area contributed by atoms with Gasteiger partial charge in [-0.2, -0.15) is 0 Å². The highest BCUT2D eigenvalue weighted by molar-refractivity contribution is 5.15. The highest BCUT2D eigenvalue weighted by Crippen LogP contribution is 2.57. The molecule has 92 valence electrons. The van der Waals surface area contributed by atoms with Crippen LogP contribution in [-0.2, 0) is 0 Å². The number of hydrogen-bond donors (Lipinski definition) is 1. The van der Waals surface area contributed by atoms with Gasteiger partial charge in [0, 0.05) is 5.41 Å². The Balaban J connectivity index is 2.32. The molecule has 0 unspecified atom stereocenters. The molecule has 0 saturated heterocycles. The summed E-state index contributed by atoms with van der Waals surface area (Å²) in [6, 6.07) is 0. The van der Waals surface area contributed by atoms with E-state index in [1.807, 2.05) is 0 Å². The molecule has 0 heterocycles. The fourth-order valence-electron chi connectivity index (χ4n) is 3.92. The minimum Gasteiger partial charge on any atom is -0.389 e. The van der Waals surface area contributed by atoms with Gasteiger partial charge in [-0.1, -0.05) is 32.4 Å². The fourth-order valence-corrected chi connectivity index (χ4v) is 3.92. The second-order valence-electron chi connectivity index (χ2n) is 6.63. The lowest BCUT2D eigenvalue weighted by Gasteiger charge is -2.43. The smallest absolute Gasteiger partial charge is 0.0737 e. The molecule has 16 heavy (non-hydrogen) atoms. The molecular weight excluding hydrogens is 196 g/mol. The van der Waals surface area contributed by atoms with Gasteiger partial charge in [0.05, 0.1) is 5.60 Å². The molecule has 0 radical (unpaired) electrons. The Morgan fingerprint density at radius 1 is 1.38 bits per heavy atom. The molecule has 2 aliphatic carbocycles. The zero-order valence-corrected chi connectivity index (χ0v) is 11.2. The zero-order chi connectivity index (χ0) is 12.0. The topological polar surface area (TPSA) is 20.2 Å². The van der Waals surface area contributed by atoms with E-state index >= 15 is 0 Å². The van der Waals surface area contributed by atoms with Crippen LogP contribution < -0.4 is 0 Å². The van der Waals surface area contributed by atoms with Crippen LogP contribution in [-0.4, -0.2) is 10.7 Å². The van der Waals surface area contributed by atoms with E-state index in [-0.39, 0.29) is 5.41 Å². The number of rotatable bonds is 1. The Bertz CT molecular complexity index is 305. The normalized spacial score (nSPS) is 44.1. The SMILES string of the molecule is CC1=CC[C@]2(C)CC[C@H](C(C)C)[C@]2(O)CC1. The Kier molecular flexibility index (Phi) is 2.94. The molecule has 0 spiro atoms. The summed E-state index contributed by atoms with van der Waals surface area (Å²) in [5, 5.41) is 11.2. The third-order valence-electron chi connectivity index (χ3n) is 5.27. The van der Waals surface area contributed by atoms with Crippen molar-refractivity contribution in [2.24, 2.45) is 17.3 Å². The first-order valence-corrected chi connectivity index (χ1v) is 6.77. The van der Waals surface area contributed by atoms with Crippen LogP contribution in [0.3, 0.4) is 0 Å².